The molecule has 1 aliphatic rings. The summed E-state index contributed by atoms with van der Waals surface area (Å²) in [6.45, 7) is 13.2. The monoisotopic (exact) mass is 342 g/mol. The molecule has 0 N–H and O–H groups in total. The average molecular weight is 343 g/mol. The van der Waals surface area contributed by atoms with Gasteiger partial charge in [0.05, 0.1) is 0 Å². The van der Waals surface area contributed by atoms with Crippen molar-refractivity contribution in [3.8, 4) is 0 Å². The fraction of sp³-hybridized carbons (Fsp3) is 0.522. The van der Waals surface area contributed by atoms with E-state index in [2.05, 4.69) is 45.9 Å². The maximum Gasteiger partial charge on any atom is 0.305 e. The van der Waals surface area contributed by atoms with Crippen LogP contribution in [0, 0.1) is 5.41 Å². The summed E-state index contributed by atoms with van der Waals surface area (Å²) in [6.07, 6.45) is 16.8. The van der Waals surface area contributed by atoms with Gasteiger partial charge in [-0.1, -0.05) is 67.9 Å². The van der Waals surface area contributed by atoms with Crippen LogP contribution in [-0.4, -0.2) is 12.6 Å². The van der Waals surface area contributed by atoms with Crippen molar-refractivity contribution in [2.24, 2.45) is 5.41 Å². The highest BCUT2D eigenvalue weighted by Gasteiger charge is 2.26. The number of allylic oxidation sites excluding steroid dienone is 9. The molecule has 0 aromatic heterocycles. The fourth-order valence-corrected chi connectivity index (χ4v) is 3.07. The number of esters is 1. The third kappa shape index (κ3) is 7.72. The summed E-state index contributed by atoms with van der Waals surface area (Å²) in [7, 11) is 0. The predicted molar refractivity (Wildman–Crippen MR) is 107 cm³/mol. The molecular formula is C23H34O2. The first-order valence-electron chi connectivity index (χ1n) is 9.32. The Balaban J connectivity index is 2.63. The van der Waals surface area contributed by atoms with E-state index in [-0.39, 0.29) is 11.4 Å². The topological polar surface area (TPSA) is 26.3 Å². The summed E-state index contributed by atoms with van der Waals surface area (Å²) >= 11 is 0. The Morgan fingerprint density at radius 1 is 1.20 bits per heavy atom. The second-order valence-electron chi connectivity index (χ2n) is 7.52. The number of rotatable bonds is 7. The average Bonchev–Trinajstić information content (AvgIpc) is 2.53. The van der Waals surface area contributed by atoms with Gasteiger partial charge >= 0.3 is 5.97 Å². The molecule has 0 fully saturated rings. The van der Waals surface area contributed by atoms with Crippen molar-refractivity contribution in [1.82, 2.24) is 0 Å². The molecule has 2 nitrogen and oxygen atoms in total. The van der Waals surface area contributed by atoms with E-state index in [0.29, 0.717) is 13.0 Å². The fourth-order valence-electron chi connectivity index (χ4n) is 3.07. The van der Waals surface area contributed by atoms with Crippen molar-refractivity contribution >= 4 is 5.97 Å². The largest absolute Gasteiger partial charge is 0.461 e. The minimum Gasteiger partial charge on any atom is -0.461 e. The number of carbonyl (C=O) groups excluding carboxylic acids is 1. The van der Waals surface area contributed by atoms with Crippen LogP contribution in [0.15, 0.2) is 58.7 Å². The van der Waals surface area contributed by atoms with E-state index in [4.69, 9.17) is 4.74 Å². The lowest BCUT2D eigenvalue weighted by Gasteiger charge is -2.32. The Kier molecular flexibility index (Phi) is 8.68. The second kappa shape index (κ2) is 10.2. The molecule has 0 aromatic rings. The summed E-state index contributed by atoms with van der Waals surface area (Å²) < 4.78 is 5.04. The van der Waals surface area contributed by atoms with Crippen LogP contribution in [0.3, 0.4) is 0 Å². The Hall–Kier alpha value is -1.83. The van der Waals surface area contributed by atoms with Crippen molar-refractivity contribution in [2.75, 3.05) is 6.61 Å². The van der Waals surface area contributed by atoms with E-state index in [9.17, 15) is 4.79 Å². The van der Waals surface area contributed by atoms with Crippen molar-refractivity contribution in [1.29, 1.82) is 0 Å². The molecule has 0 saturated heterocycles. The molecule has 1 aliphatic carbocycles. The van der Waals surface area contributed by atoms with E-state index >= 15 is 0 Å². The van der Waals surface area contributed by atoms with Crippen LogP contribution in [-0.2, 0) is 9.53 Å². The van der Waals surface area contributed by atoms with Gasteiger partial charge in [-0.15, -0.1) is 0 Å². The molecule has 0 spiro atoms. The zero-order valence-electron chi connectivity index (χ0n) is 16.8. The molecule has 0 amide bonds. The third-order valence-electron chi connectivity index (χ3n) is 4.71. The highest BCUT2D eigenvalue weighted by atomic mass is 16.5. The van der Waals surface area contributed by atoms with Gasteiger partial charge in [-0.3, -0.25) is 4.79 Å². The van der Waals surface area contributed by atoms with E-state index in [1.54, 1.807) is 6.92 Å². The maximum atomic E-state index is 11.1. The quantitative estimate of drug-likeness (QED) is 0.391. The van der Waals surface area contributed by atoms with Gasteiger partial charge in [0.15, 0.2) is 0 Å². The molecule has 0 atom stereocenters. The molecule has 0 aromatic carbocycles. The first-order chi connectivity index (χ1) is 11.8. The van der Waals surface area contributed by atoms with Crippen LogP contribution >= 0.6 is 0 Å². The van der Waals surface area contributed by atoms with E-state index in [1.165, 1.54) is 36.0 Å². The van der Waals surface area contributed by atoms with Crippen molar-refractivity contribution in [2.45, 2.75) is 67.2 Å². The molecule has 25 heavy (non-hydrogen) atoms. The summed E-state index contributed by atoms with van der Waals surface area (Å²) in [5.41, 5.74) is 5.61. The van der Waals surface area contributed by atoms with Crippen molar-refractivity contribution in [3.63, 3.8) is 0 Å². The zero-order chi connectivity index (χ0) is 18.9. The van der Waals surface area contributed by atoms with Gasteiger partial charge in [0.25, 0.3) is 0 Å². The predicted octanol–water partition coefficient (Wildman–Crippen LogP) is 6.47. The van der Waals surface area contributed by atoms with Gasteiger partial charge in [0.1, 0.15) is 6.61 Å². The number of carbonyl (C=O) groups is 1. The first kappa shape index (κ1) is 21.2. The van der Waals surface area contributed by atoms with Gasteiger partial charge in [0, 0.05) is 6.42 Å². The molecule has 0 unspecified atom stereocenters. The standard InChI is InChI=1S/C23H34O2/c1-7-22(24)25-17-15-19(3)11-8-10-18(2)13-14-21-20(4)12-9-16-23(21,5)6/h8,10-11,13-15H,7,9,12,16-17H2,1-6H3/b11-8+,14-13+,18-10+,19-15+. The molecule has 0 saturated carbocycles. The van der Waals surface area contributed by atoms with Crippen LogP contribution in [0.5, 0.6) is 0 Å². The second-order valence-corrected chi connectivity index (χ2v) is 7.52. The van der Waals surface area contributed by atoms with Gasteiger partial charge in [0.2, 0.25) is 0 Å². The van der Waals surface area contributed by atoms with Gasteiger partial charge < -0.3 is 4.74 Å². The Bertz CT molecular complexity index is 610. The van der Waals surface area contributed by atoms with Crippen molar-refractivity contribution in [3.05, 3.63) is 58.7 Å². The van der Waals surface area contributed by atoms with E-state index < -0.39 is 0 Å². The first-order valence-corrected chi connectivity index (χ1v) is 9.32. The van der Waals surface area contributed by atoms with Crippen LogP contribution in [0.1, 0.15) is 67.2 Å². The molecule has 1 rings (SSSR count). The normalized spacial score (nSPS) is 19.1. The molecule has 0 heterocycles. The maximum absolute atomic E-state index is 11.1. The summed E-state index contributed by atoms with van der Waals surface area (Å²) in [5, 5.41) is 0. The highest BCUT2D eigenvalue weighted by Crippen LogP contribution is 2.40. The lowest BCUT2D eigenvalue weighted by molar-refractivity contribution is -0.141. The zero-order valence-corrected chi connectivity index (χ0v) is 16.8. The van der Waals surface area contributed by atoms with Gasteiger partial charge in [-0.25, -0.2) is 0 Å². The smallest absolute Gasteiger partial charge is 0.305 e. The third-order valence-corrected chi connectivity index (χ3v) is 4.71. The lowest BCUT2D eigenvalue weighted by Crippen LogP contribution is -2.19. The van der Waals surface area contributed by atoms with Gasteiger partial charge in [-0.05, 0) is 57.1 Å². The number of hydrogen-bond donors (Lipinski definition) is 0. The highest BCUT2D eigenvalue weighted by molar-refractivity contribution is 5.68. The van der Waals surface area contributed by atoms with Gasteiger partial charge in [-0.2, -0.15) is 0 Å². The lowest BCUT2D eigenvalue weighted by atomic mass is 9.72. The Morgan fingerprint density at radius 3 is 2.56 bits per heavy atom. The number of ether oxygens (including phenoxy) is 1. The summed E-state index contributed by atoms with van der Waals surface area (Å²) in [5.74, 6) is -0.163. The minimum atomic E-state index is -0.163. The molecule has 2 heteroatoms. The van der Waals surface area contributed by atoms with E-state index in [1.807, 2.05) is 25.2 Å². The SMILES string of the molecule is CCC(=O)OC/C=C(C)/C=C/C=C(C)/C=C/C1=C(C)CCCC1(C)C. The molecule has 138 valence electrons. The van der Waals surface area contributed by atoms with E-state index in [0.717, 1.165) is 5.57 Å². The summed E-state index contributed by atoms with van der Waals surface area (Å²) in [4.78, 5) is 11.1. The number of hydrogen-bond acceptors (Lipinski definition) is 2. The van der Waals surface area contributed by atoms with Crippen LogP contribution in [0.25, 0.3) is 0 Å². The summed E-state index contributed by atoms with van der Waals surface area (Å²) in [6, 6.07) is 0. The molecular weight excluding hydrogens is 308 g/mol. The Labute approximate surface area is 154 Å². The molecule has 0 bridgehead atoms. The minimum absolute atomic E-state index is 0.163. The van der Waals surface area contributed by atoms with Crippen molar-refractivity contribution < 1.29 is 9.53 Å². The Morgan fingerprint density at radius 2 is 1.92 bits per heavy atom. The molecule has 0 radical (unpaired) electrons. The molecule has 0 aliphatic heterocycles. The van der Waals surface area contributed by atoms with Crippen LogP contribution < -0.4 is 0 Å². The van der Waals surface area contributed by atoms with Crippen LogP contribution in [0.2, 0.25) is 0 Å². The van der Waals surface area contributed by atoms with Crippen LogP contribution in [0.4, 0.5) is 0 Å².